The van der Waals surface area contributed by atoms with Crippen LogP contribution < -0.4 is 4.90 Å². The first-order valence-electron chi connectivity index (χ1n) is 6.80. The molecule has 6 heteroatoms. The van der Waals surface area contributed by atoms with Crippen molar-refractivity contribution in [3.8, 4) is 0 Å². The molecule has 0 aliphatic carbocycles. The normalized spacial score (nSPS) is 22.6. The number of rotatable bonds is 3. The van der Waals surface area contributed by atoms with E-state index in [4.69, 9.17) is 0 Å². The van der Waals surface area contributed by atoms with Gasteiger partial charge >= 0.3 is 5.97 Å². The van der Waals surface area contributed by atoms with Gasteiger partial charge in [0.25, 0.3) is 0 Å². The fourth-order valence-electron chi connectivity index (χ4n) is 3.08. The molecule has 1 aliphatic heterocycles. The van der Waals surface area contributed by atoms with Gasteiger partial charge < -0.3 is 10.0 Å². The van der Waals surface area contributed by atoms with Crippen LogP contribution in [-0.4, -0.2) is 33.1 Å². The van der Waals surface area contributed by atoms with Crippen LogP contribution in [0.3, 0.4) is 0 Å². The quantitative estimate of drug-likeness (QED) is 0.942. The van der Waals surface area contributed by atoms with Gasteiger partial charge in [0.15, 0.2) is 5.82 Å². The maximum Gasteiger partial charge on any atom is 0.329 e. The van der Waals surface area contributed by atoms with Crippen LogP contribution in [0, 0.1) is 6.92 Å². The Morgan fingerprint density at radius 2 is 2.35 bits per heavy atom. The molecule has 0 bridgehead atoms. The van der Waals surface area contributed by atoms with Gasteiger partial charge in [0.05, 0.1) is 10.2 Å². The molecule has 1 N–H and O–H groups in total. The van der Waals surface area contributed by atoms with Crippen molar-refractivity contribution >= 4 is 33.3 Å². The molecule has 0 spiro atoms. The zero-order valence-electron chi connectivity index (χ0n) is 11.6. The van der Waals surface area contributed by atoms with E-state index in [1.807, 2.05) is 24.1 Å². The van der Waals surface area contributed by atoms with Gasteiger partial charge in [0, 0.05) is 6.54 Å². The van der Waals surface area contributed by atoms with E-state index in [2.05, 4.69) is 9.97 Å². The number of anilines is 1. The first-order chi connectivity index (χ1) is 9.60. The highest BCUT2D eigenvalue weighted by Gasteiger charge is 2.47. The molecule has 2 aromatic rings. The van der Waals surface area contributed by atoms with Crippen LogP contribution >= 0.6 is 11.3 Å². The van der Waals surface area contributed by atoms with Gasteiger partial charge in [-0.1, -0.05) is 6.92 Å². The minimum atomic E-state index is -0.820. The minimum absolute atomic E-state index is 0.582. The van der Waals surface area contributed by atoms with Gasteiger partial charge in [-0.3, -0.25) is 0 Å². The van der Waals surface area contributed by atoms with Gasteiger partial charge in [-0.05, 0) is 37.1 Å². The molecule has 20 heavy (non-hydrogen) atoms. The zero-order chi connectivity index (χ0) is 14.3. The molecule has 0 radical (unpaired) electrons. The first kappa shape index (κ1) is 13.3. The Balaban J connectivity index is 2.17. The molecule has 3 heterocycles. The summed E-state index contributed by atoms with van der Waals surface area (Å²) < 4.78 is 0.992. The van der Waals surface area contributed by atoms with Crippen molar-refractivity contribution in [3.63, 3.8) is 0 Å². The molecule has 0 saturated carbocycles. The van der Waals surface area contributed by atoms with Crippen LogP contribution in [0.5, 0.6) is 0 Å². The lowest BCUT2D eigenvalue weighted by molar-refractivity contribution is -0.143. The molecule has 0 amide bonds. The molecule has 0 aromatic carbocycles. The number of carboxylic acid groups (broad SMARTS) is 1. The Morgan fingerprint density at radius 1 is 1.55 bits per heavy atom. The first-order valence-corrected chi connectivity index (χ1v) is 7.68. The standard InChI is InChI=1S/C14H17N3O2S/c1-3-14(13(18)19)5-4-6-17(14)12-11-10(15-8-16-12)9(2)7-20-11/h7-8H,3-6H2,1-2H3,(H,18,19). The Bertz CT molecular complexity index is 669. The van der Waals surface area contributed by atoms with Crippen molar-refractivity contribution in [2.24, 2.45) is 0 Å². The van der Waals surface area contributed by atoms with Crippen LogP contribution in [0.2, 0.25) is 0 Å². The maximum absolute atomic E-state index is 11.8. The molecule has 1 fully saturated rings. The van der Waals surface area contributed by atoms with Gasteiger partial charge in [-0.15, -0.1) is 11.3 Å². The number of aliphatic carboxylic acids is 1. The molecule has 1 saturated heterocycles. The van der Waals surface area contributed by atoms with Crippen LogP contribution in [0.4, 0.5) is 5.82 Å². The monoisotopic (exact) mass is 291 g/mol. The van der Waals surface area contributed by atoms with Crippen molar-refractivity contribution in [1.29, 1.82) is 0 Å². The van der Waals surface area contributed by atoms with Crippen molar-refractivity contribution in [2.75, 3.05) is 11.4 Å². The van der Waals surface area contributed by atoms with E-state index in [0.717, 1.165) is 34.6 Å². The molecule has 1 aliphatic rings. The van der Waals surface area contributed by atoms with E-state index in [0.29, 0.717) is 12.8 Å². The summed E-state index contributed by atoms with van der Waals surface area (Å²) in [4.78, 5) is 22.5. The summed E-state index contributed by atoms with van der Waals surface area (Å²) in [6.07, 6.45) is 3.68. The lowest BCUT2D eigenvalue weighted by atomic mass is 9.93. The van der Waals surface area contributed by atoms with Crippen LogP contribution in [0.25, 0.3) is 10.2 Å². The second-order valence-electron chi connectivity index (χ2n) is 5.24. The third-order valence-corrected chi connectivity index (χ3v) is 5.32. The number of hydrogen-bond donors (Lipinski definition) is 1. The molecule has 3 rings (SSSR count). The molecule has 5 nitrogen and oxygen atoms in total. The fraction of sp³-hybridized carbons (Fsp3) is 0.500. The second kappa shape index (κ2) is 4.70. The lowest BCUT2D eigenvalue weighted by Crippen LogP contribution is -2.50. The summed E-state index contributed by atoms with van der Waals surface area (Å²) in [6, 6.07) is 0. The van der Waals surface area contributed by atoms with Gasteiger partial charge in [0.1, 0.15) is 11.9 Å². The predicted molar refractivity (Wildman–Crippen MR) is 79.4 cm³/mol. The third-order valence-electron chi connectivity index (χ3n) is 4.24. The Morgan fingerprint density at radius 3 is 3.05 bits per heavy atom. The number of thiophene rings is 1. The largest absolute Gasteiger partial charge is 0.479 e. The minimum Gasteiger partial charge on any atom is -0.479 e. The van der Waals surface area contributed by atoms with Crippen LogP contribution in [-0.2, 0) is 4.79 Å². The smallest absolute Gasteiger partial charge is 0.329 e. The van der Waals surface area contributed by atoms with E-state index < -0.39 is 11.5 Å². The third kappa shape index (κ3) is 1.71. The number of nitrogens with zero attached hydrogens (tertiary/aromatic N) is 3. The molecular formula is C14H17N3O2S. The summed E-state index contributed by atoms with van der Waals surface area (Å²) in [5.74, 6) is 0.0207. The van der Waals surface area contributed by atoms with Gasteiger partial charge in [0.2, 0.25) is 0 Å². The highest BCUT2D eigenvalue weighted by Crippen LogP contribution is 2.40. The number of aromatic nitrogens is 2. The highest BCUT2D eigenvalue weighted by atomic mass is 32.1. The van der Waals surface area contributed by atoms with Crippen molar-refractivity contribution in [2.45, 2.75) is 38.6 Å². The van der Waals surface area contributed by atoms with Crippen LogP contribution in [0.1, 0.15) is 31.7 Å². The number of carbonyl (C=O) groups is 1. The van der Waals surface area contributed by atoms with Gasteiger partial charge in [-0.2, -0.15) is 0 Å². The Labute approximate surface area is 121 Å². The Kier molecular flexibility index (Phi) is 3.12. The summed E-state index contributed by atoms with van der Waals surface area (Å²) >= 11 is 1.59. The average Bonchev–Trinajstić information content (AvgIpc) is 3.03. The molecule has 2 aromatic heterocycles. The predicted octanol–water partition coefficient (Wildman–Crippen LogP) is 2.83. The SMILES string of the molecule is CCC1(C(=O)O)CCCN1c1ncnc2c(C)csc12. The van der Waals surface area contributed by atoms with Gasteiger partial charge in [-0.25, -0.2) is 14.8 Å². The molecular weight excluding hydrogens is 274 g/mol. The lowest BCUT2D eigenvalue weighted by Gasteiger charge is -2.34. The fourth-order valence-corrected chi connectivity index (χ4v) is 4.08. The molecule has 1 atom stereocenters. The van der Waals surface area contributed by atoms with E-state index >= 15 is 0 Å². The van der Waals surface area contributed by atoms with E-state index in [-0.39, 0.29) is 0 Å². The highest BCUT2D eigenvalue weighted by molar-refractivity contribution is 7.18. The number of fused-ring (bicyclic) bond motifs is 1. The summed E-state index contributed by atoms with van der Waals surface area (Å²) in [5, 5.41) is 11.7. The summed E-state index contributed by atoms with van der Waals surface area (Å²) in [5.41, 5.74) is 1.23. The van der Waals surface area contributed by atoms with Crippen LogP contribution in [0.15, 0.2) is 11.7 Å². The molecule has 1 unspecified atom stereocenters. The maximum atomic E-state index is 11.8. The van der Waals surface area contributed by atoms with E-state index in [1.165, 1.54) is 6.33 Å². The summed E-state index contributed by atoms with van der Waals surface area (Å²) in [6.45, 7) is 4.69. The van der Waals surface area contributed by atoms with E-state index in [9.17, 15) is 9.90 Å². The topological polar surface area (TPSA) is 66.3 Å². The van der Waals surface area contributed by atoms with Crippen molar-refractivity contribution in [1.82, 2.24) is 9.97 Å². The number of carboxylic acids is 1. The summed E-state index contributed by atoms with van der Waals surface area (Å²) in [7, 11) is 0. The molecule has 106 valence electrons. The van der Waals surface area contributed by atoms with Crippen molar-refractivity contribution in [3.05, 3.63) is 17.3 Å². The number of hydrogen-bond acceptors (Lipinski definition) is 5. The second-order valence-corrected chi connectivity index (χ2v) is 6.12. The zero-order valence-corrected chi connectivity index (χ0v) is 12.4. The van der Waals surface area contributed by atoms with Crippen molar-refractivity contribution < 1.29 is 9.90 Å². The Hall–Kier alpha value is -1.69. The van der Waals surface area contributed by atoms with E-state index in [1.54, 1.807) is 11.3 Å². The number of aryl methyl sites for hydroxylation is 1. The average molecular weight is 291 g/mol.